The van der Waals surface area contributed by atoms with Crippen molar-refractivity contribution in [2.45, 2.75) is 6.18 Å². The van der Waals surface area contributed by atoms with Crippen LogP contribution in [0.3, 0.4) is 0 Å². The minimum absolute atomic E-state index is 0.0182. The summed E-state index contributed by atoms with van der Waals surface area (Å²) in [6, 6.07) is 0.860. The second kappa shape index (κ2) is 6.60. The van der Waals surface area contributed by atoms with Crippen molar-refractivity contribution < 1.29 is 27.4 Å². The molecule has 2 heterocycles. The summed E-state index contributed by atoms with van der Waals surface area (Å²) in [5, 5.41) is 6.11. The predicted molar refractivity (Wildman–Crippen MR) is 70.2 cm³/mol. The van der Waals surface area contributed by atoms with E-state index in [4.69, 9.17) is 9.47 Å². The van der Waals surface area contributed by atoms with Crippen LogP contribution in [0, 0.1) is 0 Å². The Morgan fingerprint density at radius 3 is 2.86 bits per heavy atom. The zero-order valence-corrected chi connectivity index (χ0v) is 11.5. The van der Waals surface area contributed by atoms with E-state index in [-0.39, 0.29) is 37.0 Å². The Morgan fingerprint density at radius 1 is 1.50 bits per heavy atom. The molecule has 0 saturated heterocycles. The van der Waals surface area contributed by atoms with Crippen LogP contribution in [0.25, 0.3) is 0 Å². The molecule has 0 saturated carbocycles. The maximum atomic E-state index is 13.1. The van der Waals surface area contributed by atoms with Gasteiger partial charge in [0.1, 0.15) is 5.82 Å². The van der Waals surface area contributed by atoms with Gasteiger partial charge in [-0.05, 0) is 6.07 Å². The highest BCUT2D eigenvalue weighted by molar-refractivity contribution is 5.98. The highest BCUT2D eigenvalue weighted by Crippen LogP contribution is 2.34. The highest BCUT2D eigenvalue weighted by atomic mass is 19.4. The van der Waals surface area contributed by atoms with Gasteiger partial charge in [0.05, 0.1) is 17.7 Å². The number of alkyl halides is 3. The topological polar surface area (TPSA) is 84.8 Å². The van der Waals surface area contributed by atoms with Gasteiger partial charge in [-0.15, -0.1) is 5.10 Å². The lowest BCUT2D eigenvalue weighted by Crippen LogP contribution is -2.32. The van der Waals surface area contributed by atoms with Gasteiger partial charge in [0.25, 0.3) is 5.91 Å². The quantitative estimate of drug-likeness (QED) is 0.790. The maximum absolute atomic E-state index is 13.1. The number of ether oxygens (including phenoxy) is 2. The first-order valence-corrected chi connectivity index (χ1v) is 6.21. The van der Waals surface area contributed by atoms with E-state index in [0.717, 1.165) is 6.07 Å². The maximum Gasteiger partial charge on any atom is 0.419 e. The second-order valence-electron chi connectivity index (χ2n) is 4.28. The number of nitrogens with zero attached hydrogens (tertiary/aromatic N) is 2. The van der Waals surface area contributed by atoms with Crippen molar-refractivity contribution in [1.82, 2.24) is 10.4 Å². The standard InChI is InChI=1S/C12H13F3N4O3/c1-21-3-2-16-10-8(12(13,14)15)4-7(5-17-10)11-19-18-9(20)6-22-11/h4-5H,2-3,6H2,1H3,(H,16,17)(H,18,20). The van der Waals surface area contributed by atoms with E-state index < -0.39 is 17.6 Å². The lowest BCUT2D eigenvalue weighted by molar-refractivity contribution is -0.137. The van der Waals surface area contributed by atoms with Gasteiger partial charge in [0.15, 0.2) is 6.61 Å². The number of hydrogen-bond acceptors (Lipinski definition) is 6. The number of hydrogen-bond donors (Lipinski definition) is 2. The van der Waals surface area contributed by atoms with Gasteiger partial charge < -0.3 is 14.8 Å². The number of methoxy groups -OCH3 is 1. The Labute approximate surface area is 123 Å². The zero-order chi connectivity index (χ0) is 16.2. The highest BCUT2D eigenvalue weighted by Gasteiger charge is 2.35. The van der Waals surface area contributed by atoms with Crippen LogP contribution in [0.1, 0.15) is 11.1 Å². The number of hydrazone groups is 1. The molecule has 0 bridgehead atoms. The van der Waals surface area contributed by atoms with Crippen molar-refractivity contribution >= 4 is 17.6 Å². The van der Waals surface area contributed by atoms with Crippen LogP contribution in [0.5, 0.6) is 0 Å². The Bertz CT molecular complexity index is 589. The minimum Gasteiger partial charge on any atom is -0.466 e. The number of rotatable bonds is 5. The molecule has 1 aromatic heterocycles. The Kier molecular flexibility index (Phi) is 4.81. The number of amides is 1. The molecule has 0 unspecified atom stereocenters. The van der Waals surface area contributed by atoms with E-state index in [1.54, 1.807) is 0 Å². The van der Waals surface area contributed by atoms with Gasteiger partial charge in [-0.3, -0.25) is 4.79 Å². The third kappa shape index (κ3) is 3.85. The number of carbonyl (C=O) groups excluding carboxylic acids is 1. The first-order chi connectivity index (χ1) is 10.4. The number of aromatic nitrogens is 1. The van der Waals surface area contributed by atoms with Crippen LogP contribution in [-0.4, -0.2) is 43.7 Å². The molecule has 1 aliphatic rings. The molecule has 2 rings (SSSR count). The number of carbonyl (C=O) groups is 1. The second-order valence-corrected chi connectivity index (χ2v) is 4.28. The molecule has 120 valence electrons. The molecule has 1 aliphatic heterocycles. The summed E-state index contributed by atoms with van der Waals surface area (Å²) in [6.07, 6.45) is -3.42. The van der Waals surface area contributed by atoms with E-state index >= 15 is 0 Å². The molecule has 1 amide bonds. The fraction of sp³-hybridized carbons (Fsp3) is 0.417. The lowest BCUT2D eigenvalue weighted by Gasteiger charge is -2.17. The minimum atomic E-state index is -4.60. The van der Waals surface area contributed by atoms with Crippen LogP contribution in [0.15, 0.2) is 17.4 Å². The largest absolute Gasteiger partial charge is 0.466 e. The number of nitrogens with one attached hydrogen (secondary N) is 2. The lowest BCUT2D eigenvalue weighted by atomic mass is 10.1. The summed E-state index contributed by atoms with van der Waals surface area (Å²) in [5.74, 6) is -0.916. The summed E-state index contributed by atoms with van der Waals surface area (Å²) in [4.78, 5) is 14.7. The molecule has 2 N–H and O–H groups in total. The van der Waals surface area contributed by atoms with E-state index in [0.29, 0.717) is 0 Å². The molecule has 0 aromatic carbocycles. The monoisotopic (exact) mass is 318 g/mol. The third-order valence-electron chi connectivity index (χ3n) is 2.66. The van der Waals surface area contributed by atoms with Crippen molar-refractivity contribution in [3.63, 3.8) is 0 Å². The Balaban J connectivity index is 2.29. The van der Waals surface area contributed by atoms with Crippen LogP contribution < -0.4 is 10.7 Å². The number of anilines is 1. The zero-order valence-electron chi connectivity index (χ0n) is 11.5. The fourth-order valence-corrected chi connectivity index (χ4v) is 1.67. The van der Waals surface area contributed by atoms with Crippen LogP contribution in [-0.2, 0) is 20.4 Å². The molecule has 0 spiro atoms. The molecular formula is C12H13F3N4O3. The molecular weight excluding hydrogens is 305 g/mol. The van der Waals surface area contributed by atoms with Gasteiger partial charge in [0.2, 0.25) is 5.90 Å². The summed E-state index contributed by atoms with van der Waals surface area (Å²) >= 11 is 0. The van der Waals surface area contributed by atoms with E-state index in [2.05, 4.69) is 20.8 Å². The average Bonchev–Trinajstić information content (AvgIpc) is 2.47. The Morgan fingerprint density at radius 2 is 2.27 bits per heavy atom. The van der Waals surface area contributed by atoms with Crippen LogP contribution in [0.4, 0.5) is 19.0 Å². The smallest absolute Gasteiger partial charge is 0.419 e. The summed E-state index contributed by atoms with van der Waals surface area (Å²) in [5.41, 5.74) is 1.19. The number of pyridine rings is 1. The van der Waals surface area contributed by atoms with Crippen molar-refractivity contribution in [3.05, 3.63) is 23.4 Å². The van der Waals surface area contributed by atoms with Gasteiger partial charge in [-0.2, -0.15) is 13.2 Å². The van der Waals surface area contributed by atoms with Crippen molar-refractivity contribution in [3.8, 4) is 0 Å². The van der Waals surface area contributed by atoms with Gasteiger partial charge in [-0.1, -0.05) is 0 Å². The molecule has 0 radical (unpaired) electrons. The van der Waals surface area contributed by atoms with Gasteiger partial charge in [0, 0.05) is 19.9 Å². The normalized spacial score (nSPS) is 14.9. The molecule has 1 aromatic rings. The summed E-state index contributed by atoms with van der Waals surface area (Å²) < 4.78 is 49.1. The summed E-state index contributed by atoms with van der Waals surface area (Å²) in [7, 11) is 1.44. The van der Waals surface area contributed by atoms with Crippen molar-refractivity contribution in [1.29, 1.82) is 0 Å². The summed E-state index contributed by atoms with van der Waals surface area (Å²) in [6.45, 7) is 0.107. The first kappa shape index (κ1) is 16.0. The SMILES string of the molecule is COCCNc1ncc(C2=NNC(=O)CO2)cc1C(F)(F)F. The molecule has 0 aliphatic carbocycles. The fourth-order valence-electron chi connectivity index (χ4n) is 1.67. The van der Waals surface area contributed by atoms with E-state index in [9.17, 15) is 18.0 Å². The Hall–Kier alpha value is -2.36. The van der Waals surface area contributed by atoms with E-state index in [1.807, 2.05) is 0 Å². The van der Waals surface area contributed by atoms with Crippen molar-refractivity contribution in [2.75, 3.05) is 32.2 Å². The van der Waals surface area contributed by atoms with Crippen molar-refractivity contribution in [2.24, 2.45) is 5.10 Å². The molecule has 0 fully saturated rings. The first-order valence-electron chi connectivity index (χ1n) is 6.21. The third-order valence-corrected chi connectivity index (χ3v) is 2.66. The number of halogens is 3. The van der Waals surface area contributed by atoms with Crippen LogP contribution >= 0.6 is 0 Å². The molecule has 0 atom stereocenters. The van der Waals surface area contributed by atoms with Gasteiger partial charge in [-0.25, -0.2) is 10.4 Å². The predicted octanol–water partition coefficient (Wildman–Crippen LogP) is 0.967. The van der Waals surface area contributed by atoms with Crippen LogP contribution in [0.2, 0.25) is 0 Å². The molecule has 7 nitrogen and oxygen atoms in total. The average molecular weight is 318 g/mol. The molecule has 22 heavy (non-hydrogen) atoms. The van der Waals surface area contributed by atoms with E-state index in [1.165, 1.54) is 13.3 Å². The molecule has 10 heteroatoms. The van der Waals surface area contributed by atoms with Gasteiger partial charge >= 0.3 is 6.18 Å².